The molecule has 0 spiro atoms. The van der Waals surface area contributed by atoms with Crippen LogP contribution in [-0.2, 0) is 26.2 Å². The van der Waals surface area contributed by atoms with Crippen molar-refractivity contribution in [1.82, 2.24) is 10.2 Å². The number of nitrogens with one attached hydrogen (secondary N) is 1. The molecule has 1 unspecified atom stereocenters. The van der Waals surface area contributed by atoms with Gasteiger partial charge in [0.05, 0.1) is 20.6 Å². The summed E-state index contributed by atoms with van der Waals surface area (Å²) in [6, 6.07) is 17.6. The van der Waals surface area contributed by atoms with E-state index in [1.165, 1.54) is 23.1 Å². The molecule has 1 aliphatic rings. The molecular formula is C30H32BrCl2N3O4S. The summed E-state index contributed by atoms with van der Waals surface area (Å²) < 4.78 is 29.7. The maximum atomic E-state index is 14.1. The van der Waals surface area contributed by atoms with Crippen molar-refractivity contribution in [1.29, 1.82) is 0 Å². The Morgan fingerprint density at radius 3 is 2.34 bits per heavy atom. The van der Waals surface area contributed by atoms with Crippen LogP contribution in [0, 0.1) is 6.92 Å². The van der Waals surface area contributed by atoms with Crippen molar-refractivity contribution in [2.45, 2.75) is 63.1 Å². The fourth-order valence-electron chi connectivity index (χ4n) is 4.84. The second-order valence-electron chi connectivity index (χ2n) is 10.2. The summed E-state index contributed by atoms with van der Waals surface area (Å²) in [6.07, 6.45) is 3.89. The molecule has 1 fully saturated rings. The van der Waals surface area contributed by atoms with Gasteiger partial charge in [0, 0.05) is 17.1 Å². The van der Waals surface area contributed by atoms with E-state index < -0.39 is 28.5 Å². The van der Waals surface area contributed by atoms with E-state index in [9.17, 15) is 18.0 Å². The predicted octanol–water partition coefficient (Wildman–Crippen LogP) is 6.74. The third-order valence-corrected chi connectivity index (χ3v) is 10.3. The molecule has 0 heterocycles. The molecule has 0 bridgehead atoms. The molecule has 218 valence electrons. The van der Waals surface area contributed by atoms with E-state index in [2.05, 4.69) is 21.2 Å². The number of nitrogens with zero attached hydrogens (tertiary/aromatic N) is 2. The van der Waals surface area contributed by atoms with Crippen LogP contribution in [0.5, 0.6) is 0 Å². The fourth-order valence-corrected chi connectivity index (χ4v) is 7.16. The molecule has 2 amide bonds. The maximum absolute atomic E-state index is 14.1. The van der Waals surface area contributed by atoms with Crippen LogP contribution < -0.4 is 9.62 Å². The second kappa shape index (κ2) is 13.6. The molecule has 11 heteroatoms. The minimum absolute atomic E-state index is 0.00231. The third kappa shape index (κ3) is 7.63. The Labute approximate surface area is 260 Å². The minimum Gasteiger partial charge on any atom is -0.352 e. The minimum atomic E-state index is -4.25. The lowest BCUT2D eigenvalue weighted by Crippen LogP contribution is -2.52. The first-order valence-electron chi connectivity index (χ1n) is 13.3. The molecule has 3 aromatic rings. The van der Waals surface area contributed by atoms with Crippen molar-refractivity contribution in [3.05, 3.63) is 92.4 Å². The lowest BCUT2D eigenvalue weighted by atomic mass is 10.1. The highest BCUT2D eigenvalue weighted by molar-refractivity contribution is 9.10. The molecule has 41 heavy (non-hydrogen) atoms. The number of amides is 2. The van der Waals surface area contributed by atoms with E-state index in [4.69, 9.17) is 23.2 Å². The van der Waals surface area contributed by atoms with Crippen LogP contribution in [-0.4, -0.2) is 43.8 Å². The van der Waals surface area contributed by atoms with Crippen LogP contribution in [0.4, 0.5) is 5.69 Å². The second-order valence-corrected chi connectivity index (χ2v) is 13.8. The summed E-state index contributed by atoms with van der Waals surface area (Å²) in [5.74, 6) is -0.847. The Balaban J connectivity index is 1.72. The van der Waals surface area contributed by atoms with Crippen molar-refractivity contribution in [3.8, 4) is 0 Å². The van der Waals surface area contributed by atoms with Gasteiger partial charge in [0.15, 0.2) is 0 Å². The molecule has 1 saturated carbocycles. The molecular weight excluding hydrogens is 649 g/mol. The van der Waals surface area contributed by atoms with Gasteiger partial charge in [-0.3, -0.25) is 13.9 Å². The topological polar surface area (TPSA) is 86.8 Å². The average molecular weight is 681 g/mol. The zero-order valence-corrected chi connectivity index (χ0v) is 26.7. The van der Waals surface area contributed by atoms with Crippen molar-refractivity contribution < 1.29 is 18.0 Å². The van der Waals surface area contributed by atoms with Gasteiger partial charge in [-0.1, -0.05) is 87.9 Å². The Kier molecular flexibility index (Phi) is 10.4. The highest BCUT2D eigenvalue weighted by Gasteiger charge is 2.34. The van der Waals surface area contributed by atoms with Crippen LogP contribution >= 0.6 is 39.1 Å². The maximum Gasteiger partial charge on any atom is 0.264 e. The van der Waals surface area contributed by atoms with Gasteiger partial charge in [-0.25, -0.2) is 8.42 Å². The smallest absolute Gasteiger partial charge is 0.264 e. The number of carbonyl (C=O) groups is 2. The number of hydrogen-bond donors (Lipinski definition) is 1. The number of benzene rings is 3. The van der Waals surface area contributed by atoms with Crippen LogP contribution in [0.15, 0.2) is 76.1 Å². The van der Waals surface area contributed by atoms with Gasteiger partial charge in [0.25, 0.3) is 10.0 Å². The van der Waals surface area contributed by atoms with Crippen molar-refractivity contribution in [2.24, 2.45) is 0 Å². The largest absolute Gasteiger partial charge is 0.352 e. The number of anilines is 1. The van der Waals surface area contributed by atoms with E-state index >= 15 is 0 Å². The van der Waals surface area contributed by atoms with Crippen LogP contribution in [0.25, 0.3) is 0 Å². The standard InChI is InChI=1S/C30H32BrCl2N3O4S/c1-20-13-15-25(16-14-20)41(39,40)36(27-12-6-11-26(32)29(27)33)19-28(37)35(18-22-7-5-8-23(31)17-22)21(2)30(38)34-24-9-3-4-10-24/h5-8,11-17,21,24H,3-4,9-10,18-19H2,1-2H3,(H,34,38). The van der Waals surface area contributed by atoms with E-state index in [-0.39, 0.29) is 39.1 Å². The first kappa shape index (κ1) is 31.3. The number of carbonyl (C=O) groups excluding carboxylic acids is 2. The molecule has 0 aliphatic heterocycles. The van der Waals surface area contributed by atoms with Gasteiger partial charge in [-0.15, -0.1) is 0 Å². The van der Waals surface area contributed by atoms with Gasteiger partial charge in [-0.05, 0) is 68.7 Å². The number of rotatable bonds is 10. The summed E-state index contributed by atoms with van der Waals surface area (Å²) in [7, 11) is -4.25. The molecule has 7 nitrogen and oxygen atoms in total. The van der Waals surface area contributed by atoms with Crippen molar-refractivity contribution >= 4 is 66.7 Å². The summed E-state index contributed by atoms with van der Waals surface area (Å²) in [5, 5.41) is 3.21. The summed E-state index contributed by atoms with van der Waals surface area (Å²) in [5.41, 5.74) is 1.73. The molecule has 1 N–H and O–H groups in total. The highest BCUT2D eigenvalue weighted by atomic mass is 79.9. The van der Waals surface area contributed by atoms with Crippen molar-refractivity contribution in [2.75, 3.05) is 10.8 Å². The first-order valence-corrected chi connectivity index (χ1v) is 16.3. The zero-order valence-electron chi connectivity index (χ0n) is 22.8. The van der Waals surface area contributed by atoms with Gasteiger partial charge >= 0.3 is 0 Å². The highest BCUT2D eigenvalue weighted by Crippen LogP contribution is 2.35. The van der Waals surface area contributed by atoms with Crippen LogP contribution in [0.3, 0.4) is 0 Å². The number of hydrogen-bond acceptors (Lipinski definition) is 4. The van der Waals surface area contributed by atoms with E-state index in [1.807, 2.05) is 31.2 Å². The number of aryl methyl sites for hydroxylation is 1. The van der Waals surface area contributed by atoms with Gasteiger partial charge < -0.3 is 10.2 Å². The molecule has 1 atom stereocenters. The normalized spacial score (nSPS) is 14.5. The van der Waals surface area contributed by atoms with Crippen LogP contribution in [0.1, 0.15) is 43.7 Å². The van der Waals surface area contributed by atoms with E-state index in [0.29, 0.717) is 0 Å². The third-order valence-electron chi connectivity index (χ3n) is 7.20. The van der Waals surface area contributed by atoms with Gasteiger partial charge in [0.2, 0.25) is 11.8 Å². The van der Waals surface area contributed by atoms with Crippen LogP contribution in [0.2, 0.25) is 10.0 Å². The average Bonchev–Trinajstić information content (AvgIpc) is 3.45. The number of sulfonamides is 1. The quantitative estimate of drug-likeness (QED) is 0.257. The summed E-state index contributed by atoms with van der Waals surface area (Å²) in [4.78, 5) is 28.8. The monoisotopic (exact) mass is 679 g/mol. The Hall–Kier alpha value is -2.59. The molecule has 0 radical (unpaired) electrons. The summed E-state index contributed by atoms with van der Waals surface area (Å²) in [6.45, 7) is 3.01. The number of halogens is 3. The Bertz CT molecular complexity index is 1510. The molecule has 3 aromatic carbocycles. The fraction of sp³-hybridized carbons (Fsp3) is 0.333. The van der Waals surface area contributed by atoms with E-state index in [1.54, 1.807) is 31.2 Å². The zero-order chi connectivity index (χ0) is 29.7. The van der Waals surface area contributed by atoms with E-state index in [0.717, 1.165) is 45.6 Å². The molecule has 4 rings (SSSR count). The lowest BCUT2D eigenvalue weighted by molar-refractivity contribution is -0.139. The summed E-state index contributed by atoms with van der Waals surface area (Å²) >= 11 is 16.2. The lowest BCUT2D eigenvalue weighted by Gasteiger charge is -2.32. The van der Waals surface area contributed by atoms with Gasteiger partial charge in [-0.2, -0.15) is 0 Å². The van der Waals surface area contributed by atoms with Gasteiger partial charge in [0.1, 0.15) is 12.6 Å². The molecule has 1 aliphatic carbocycles. The molecule has 0 saturated heterocycles. The first-order chi connectivity index (χ1) is 19.5. The predicted molar refractivity (Wildman–Crippen MR) is 167 cm³/mol. The van der Waals surface area contributed by atoms with Crippen molar-refractivity contribution in [3.63, 3.8) is 0 Å². The Morgan fingerprint density at radius 1 is 1.02 bits per heavy atom. The SMILES string of the molecule is Cc1ccc(S(=O)(=O)N(CC(=O)N(Cc2cccc(Br)c2)C(C)C(=O)NC2CCCC2)c2cccc(Cl)c2Cl)cc1. The molecule has 0 aromatic heterocycles. The Morgan fingerprint density at radius 2 is 1.68 bits per heavy atom.